The van der Waals surface area contributed by atoms with Gasteiger partial charge in [0.2, 0.25) is 0 Å². The van der Waals surface area contributed by atoms with E-state index in [1.54, 1.807) is 23.1 Å². The van der Waals surface area contributed by atoms with Crippen LogP contribution in [0, 0.1) is 6.92 Å². The van der Waals surface area contributed by atoms with E-state index < -0.39 is 0 Å². The summed E-state index contributed by atoms with van der Waals surface area (Å²) in [6, 6.07) is 10.4. The monoisotopic (exact) mass is 313 g/mol. The summed E-state index contributed by atoms with van der Waals surface area (Å²) < 4.78 is 1.18. The van der Waals surface area contributed by atoms with E-state index in [9.17, 15) is 0 Å². The Hall–Kier alpha value is -0.450. The van der Waals surface area contributed by atoms with Crippen molar-refractivity contribution >= 4 is 44.7 Å². The molecule has 0 aliphatic heterocycles. The zero-order valence-electron chi connectivity index (χ0n) is 8.87. The predicted molar refractivity (Wildman–Crippen MR) is 77.2 cm³/mol. The van der Waals surface area contributed by atoms with Crippen LogP contribution in [0.2, 0.25) is 0 Å². The van der Waals surface area contributed by atoms with Crippen LogP contribution >= 0.6 is 39.0 Å². The van der Waals surface area contributed by atoms with Crippen molar-refractivity contribution in [3.8, 4) is 0 Å². The van der Waals surface area contributed by atoms with E-state index in [2.05, 4.69) is 47.1 Å². The summed E-state index contributed by atoms with van der Waals surface area (Å²) in [6.07, 6.45) is 0. The molecule has 0 atom stereocenters. The number of nitrogens with two attached hydrogens (primary N) is 1. The molecule has 1 heterocycles. The van der Waals surface area contributed by atoms with E-state index in [0.717, 1.165) is 16.3 Å². The van der Waals surface area contributed by atoms with Crippen molar-refractivity contribution in [2.75, 3.05) is 5.73 Å². The predicted octanol–water partition coefficient (Wildman–Crippen LogP) is 4.69. The third-order valence-corrected chi connectivity index (χ3v) is 5.11. The molecule has 2 aromatic rings. The van der Waals surface area contributed by atoms with Gasteiger partial charge in [-0.15, -0.1) is 23.1 Å². The molecule has 0 saturated heterocycles. The minimum Gasteiger partial charge on any atom is -0.398 e. The number of nitrogen functional groups attached to an aromatic ring is 1. The number of thioether (sulfide) groups is 1. The molecular formula is C12H12BrNS2. The first-order valence-corrected chi connectivity index (χ1v) is 7.48. The van der Waals surface area contributed by atoms with Crippen molar-refractivity contribution in [2.45, 2.75) is 17.6 Å². The number of anilines is 1. The fraction of sp³-hybridized carbons (Fsp3) is 0.167. The van der Waals surface area contributed by atoms with Crippen LogP contribution in [0.15, 0.2) is 39.0 Å². The molecule has 2 N–H and O–H groups in total. The first kappa shape index (κ1) is 12.0. The maximum absolute atomic E-state index is 5.96. The first-order valence-electron chi connectivity index (χ1n) is 4.88. The molecule has 0 aliphatic carbocycles. The summed E-state index contributed by atoms with van der Waals surface area (Å²) in [5.41, 5.74) is 8.05. The molecule has 2 rings (SSSR count). The van der Waals surface area contributed by atoms with Crippen molar-refractivity contribution in [2.24, 2.45) is 0 Å². The van der Waals surface area contributed by atoms with Gasteiger partial charge >= 0.3 is 0 Å². The second kappa shape index (κ2) is 5.25. The Balaban J connectivity index is 2.04. The molecule has 0 unspecified atom stereocenters. The van der Waals surface area contributed by atoms with Gasteiger partial charge in [-0.3, -0.25) is 0 Å². The molecule has 1 nitrogen and oxygen atoms in total. The molecule has 0 radical (unpaired) electrons. The highest BCUT2D eigenvalue weighted by molar-refractivity contribution is 9.11. The minimum absolute atomic E-state index is 0.876. The molecule has 0 aliphatic rings. The Morgan fingerprint density at radius 2 is 2.12 bits per heavy atom. The molecule has 1 aromatic carbocycles. The molecule has 0 bridgehead atoms. The smallest absolute Gasteiger partial charge is 0.0701 e. The normalized spacial score (nSPS) is 10.6. The number of hydrogen-bond acceptors (Lipinski definition) is 3. The van der Waals surface area contributed by atoms with Crippen molar-refractivity contribution in [3.63, 3.8) is 0 Å². The minimum atomic E-state index is 0.876. The molecule has 0 amide bonds. The van der Waals surface area contributed by atoms with Crippen LogP contribution < -0.4 is 5.73 Å². The van der Waals surface area contributed by atoms with Crippen LogP contribution in [0.3, 0.4) is 0 Å². The lowest BCUT2D eigenvalue weighted by Gasteiger charge is -2.05. The van der Waals surface area contributed by atoms with E-state index in [0.29, 0.717) is 0 Å². The summed E-state index contributed by atoms with van der Waals surface area (Å²) in [7, 11) is 0. The largest absolute Gasteiger partial charge is 0.398 e. The quantitative estimate of drug-likeness (QED) is 0.657. The molecule has 1 aromatic heterocycles. The Kier molecular flexibility index (Phi) is 3.95. The Morgan fingerprint density at radius 1 is 1.31 bits per heavy atom. The molecular weight excluding hydrogens is 302 g/mol. The van der Waals surface area contributed by atoms with Crippen LogP contribution in [0.5, 0.6) is 0 Å². The fourth-order valence-corrected chi connectivity index (χ4v) is 3.85. The highest BCUT2D eigenvalue weighted by Gasteiger charge is 2.02. The van der Waals surface area contributed by atoms with Gasteiger partial charge in [-0.25, -0.2) is 0 Å². The lowest BCUT2D eigenvalue weighted by Crippen LogP contribution is -1.89. The van der Waals surface area contributed by atoms with Crippen molar-refractivity contribution < 1.29 is 0 Å². The van der Waals surface area contributed by atoms with Crippen molar-refractivity contribution in [1.29, 1.82) is 0 Å². The van der Waals surface area contributed by atoms with Gasteiger partial charge in [0.25, 0.3) is 0 Å². The van der Waals surface area contributed by atoms with Crippen LogP contribution in [-0.4, -0.2) is 0 Å². The molecule has 0 fully saturated rings. The summed E-state index contributed by atoms with van der Waals surface area (Å²) >= 11 is 7.02. The third-order valence-electron chi connectivity index (χ3n) is 2.16. The highest BCUT2D eigenvalue weighted by atomic mass is 79.9. The number of rotatable bonds is 3. The summed E-state index contributed by atoms with van der Waals surface area (Å²) in [4.78, 5) is 2.52. The second-order valence-corrected chi connectivity index (χ2v) is 7.10. The third kappa shape index (κ3) is 3.03. The van der Waals surface area contributed by atoms with E-state index in [1.807, 2.05) is 6.07 Å². The van der Waals surface area contributed by atoms with Crippen molar-refractivity contribution in [1.82, 2.24) is 0 Å². The second-order valence-electron chi connectivity index (χ2n) is 3.54. The average molecular weight is 314 g/mol. The maximum atomic E-state index is 5.96. The van der Waals surface area contributed by atoms with Gasteiger partial charge in [0.1, 0.15) is 0 Å². The van der Waals surface area contributed by atoms with Gasteiger partial charge in [-0.05, 0) is 52.7 Å². The van der Waals surface area contributed by atoms with Gasteiger partial charge in [-0.1, -0.05) is 6.07 Å². The molecule has 0 saturated carbocycles. The Bertz CT molecular complexity index is 494. The van der Waals surface area contributed by atoms with E-state index in [4.69, 9.17) is 5.73 Å². The van der Waals surface area contributed by atoms with Crippen LogP contribution in [0.4, 0.5) is 5.69 Å². The molecule has 84 valence electrons. The number of hydrogen-bond donors (Lipinski definition) is 1. The highest BCUT2D eigenvalue weighted by Crippen LogP contribution is 2.32. The number of thiophene rings is 1. The van der Waals surface area contributed by atoms with Gasteiger partial charge in [-0.2, -0.15) is 0 Å². The van der Waals surface area contributed by atoms with Gasteiger partial charge in [0.05, 0.1) is 3.79 Å². The van der Waals surface area contributed by atoms with E-state index in [-0.39, 0.29) is 0 Å². The fourth-order valence-electron chi connectivity index (χ4n) is 1.38. The van der Waals surface area contributed by atoms with Crippen LogP contribution in [0.1, 0.15) is 10.4 Å². The first-order chi connectivity index (χ1) is 7.65. The zero-order valence-corrected chi connectivity index (χ0v) is 12.1. The summed E-state index contributed by atoms with van der Waals surface area (Å²) in [5, 5.41) is 0. The van der Waals surface area contributed by atoms with E-state index >= 15 is 0 Å². The van der Waals surface area contributed by atoms with Crippen molar-refractivity contribution in [3.05, 3.63) is 44.6 Å². The number of benzene rings is 1. The van der Waals surface area contributed by atoms with Gasteiger partial charge < -0.3 is 5.73 Å². The number of aryl methyl sites for hydroxylation is 1. The van der Waals surface area contributed by atoms with Gasteiger partial charge in [0.15, 0.2) is 0 Å². The molecule has 4 heteroatoms. The van der Waals surface area contributed by atoms with Gasteiger partial charge in [0, 0.05) is 21.2 Å². The maximum Gasteiger partial charge on any atom is 0.0701 e. The molecule has 0 spiro atoms. The summed E-state index contributed by atoms with van der Waals surface area (Å²) in [6.45, 7) is 2.06. The molecule has 16 heavy (non-hydrogen) atoms. The van der Waals surface area contributed by atoms with Crippen LogP contribution in [0.25, 0.3) is 0 Å². The average Bonchev–Trinajstić information content (AvgIpc) is 2.63. The lowest BCUT2D eigenvalue weighted by molar-refractivity contribution is 1.37. The topological polar surface area (TPSA) is 26.0 Å². The van der Waals surface area contributed by atoms with E-state index in [1.165, 1.54) is 14.2 Å². The summed E-state index contributed by atoms with van der Waals surface area (Å²) in [5.74, 6) is 0.976. The SMILES string of the molecule is Cc1ccc(SCc2ccc(Br)s2)c(N)c1. The lowest BCUT2D eigenvalue weighted by atomic mass is 10.2. The standard InChI is InChI=1S/C12H12BrNS2/c1-8-2-4-11(10(14)6-8)15-7-9-3-5-12(13)16-9/h2-6H,7,14H2,1H3. The zero-order chi connectivity index (χ0) is 11.5. The Labute approximate surface area is 112 Å². The number of halogens is 1. The van der Waals surface area contributed by atoms with Crippen LogP contribution in [-0.2, 0) is 5.75 Å². The Morgan fingerprint density at radius 3 is 2.75 bits per heavy atom.